The minimum atomic E-state index is -0.0313. The Bertz CT molecular complexity index is 565. The van der Waals surface area contributed by atoms with Crippen molar-refractivity contribution >= 4 is 11.7 Å². The first-order valence-corrected chi connectivity index (χ1v) is 9.11. The van der Waals surface area contributed by atoms with Crippen LogP contribution in [0.25, 0.3) is 0 Å². The van der Waals surface area contributed by atoms with E-state index in [4.69, 9.17) is 9.47 Å². The maximum Gasteiger partial charge on any atom is 0.321 e. The number of benzene rings is 1. The van der Waals surface area contributed by atoms with Gasteiger partial charge in [0.05, 0.1) is 13.7 Å². The van der Waals surface area contributed by atoms with Crippen molar-refractivity contribution in [3.05, 3.63) is 23.8 Å². The molecule has 2 amide bonds. The zero-order valence-electron chi connectivity index (χ0n) is 15.9. The van der Waals surface area contributed by atoms with Gasteiger partial charge in [-0.3, -0.25) is 4.90 Å². The molecular formula is C19H31N3O3. The van der Waals surface area contributed by atoms with Crippen LogP contribution in [0.4, 0.5) is 10.5 Å². The summed E-state index contributed by atoms with van der Waals surface area (Å²) in [6.45, 7) is 11.0. The van der Waals surface area contributed by atoms with E-state index >= 15 is 0 Å². The fraction of sp³-hybridized carbons (Fsp3) is 0.632. The van der Waals surface area contributed by atoms with E-state index in [2.05, 4.69) is 17.1 Å². The molecule has 1 aliphatic heterocycles. The summed E-state index contributed by atoms with van der Waals surface area (Å²) < 4.78 is 10.7. The monoisotopic (exact) mass is 349 g/mol. The molecule has 2 rings (SSSR count). The van der Waals surface area contributed by atoms with Crippen molar-refractivity contribution in [2.75, 3.05) is 51.8 Å². The van der Waals surface area contributed by atoms with Crippen LogP contribution in [0.3, 0.4) is 0 Å². The number of nitrogens with one attached hydrogen (secondary N) is 1. The number of hydrogen-bond donors (Lipinski definition) is 1. The van der Waals surface area contributed by atoms with E-state index in [1.54, 1.807) is 7.11 Å². The first kappa shape index (κ1) is 19.5. The van der Waals surface area contributed by atoms with Gasteiger partial charge in [-0.15, -0.1) is 0 Å². The Morgan fingerprint density at radius 3 is 2.76 bits per heavy atom. The number of carbonyl (C=O) groups excluding carboxylic acids is 1. The molecule has 6 heteroatoms. The fourth-order valence-electron chi connectivity index (χ4n) is 3.18. The number of hydrogen-bond acceptors (Lipinski definition) is 4. The molecule has 0 aliphatic carbocycles. The molecular weight excluding hydrogens is 318 g/mol. The van der Waals surface area contributed by atoms with Crippen molar-refractivity contribution in [1.82, 2.24) is 9.80 Å². The van der Waals surface area contributed by atoms with Gasteiger partial charge in [0.1, 0.15) is 5.75 Å². The van der Waals surface area contributed by atoms with Crippen LogP contribution in [0.1, 0.15) is 25.8 Å². The highest BCUT2D eigenvalue weighted by Gasteiger charge is 2.28. The molecule has 1 heterocycles. The lowest BCUT2D eigenvalue weighted by Crippen LogP contribution is -2.56. The lowest BCUT2D eigenvalue weighted by Gasteiger charge is -2.41. The van der Waals surface area contributed by atoms with Crippen LogP contribution in [0.15, 0.2) is 18.2 Å². The zero-order valence-corrected chi connectivity index (χ0v) is 15.9. The molecule has 1 aliphatic rings. The second-order valence-electron chi connectivity index (χ2n) is 6.35. The Hall–Kier alpha value is -1.79. The Kier molecular flexibility index (Phi) is 7.52. The van der Waals surface area contributed by atoms with Gasteiger partial charge in [-0.05, 0) is 44.0 Å². The maximum atomic E-state index is 12.6. The lowest BCUT2D eigenvalue weighted by atomic mass is 10.1. The molecule has 1 aromatic carbocycles. The Morgan fingerprint density at radius 1 is 1.32 bits per heavy atom. The minimum absolute atomic E-state index is 0.0313. The number of piperazine rings is 1. The normalized spacial score (nSPS) is 18.2. The number of amides is 2. The fourth-order valence-corrected chi connectivity index (χ4v) is 3.18. The maximum absolute atomic E-state index is 12.6. The van der Waals surface area contributed by atoms with Crippen LogP contribution in [-0.4, -0.2) is 68.4 Å². The van der Waals surface area contributed by atoms with Crippen LogP contribution in [0.2, 0.25) is 0 Å². The van der Waals surface area contributed by atoms with Gasteiger partial charge in [-0.25, -0.2) is 4.79 Å². The average molecular weight is 349 g/mol. The number of aryl methyl sites for hydroxylation is 1. The van der Waals surface area contributed by atoms with Gasteiger partial charge in [0.15, 0.2) is 0 Å². The predicted octanol–water partition coefficient (Wildman–Crippen LogP) is 2.97. The van der Waals surface area contributed by atoms with Gasteiger partial charge in [-0.1, -0.05) is 6.92 Å². The number of ether oxygens (including phenoxy) is 2. The van der Waals surface area contributed by atoms with Crippen LogP contribution < -0.4 is 10.1 Å². The Balaban J connectivity index is 1.92. The quantitative estimate of drug-likeness (QED) is 0.769. The lowest BCUT2D eigenvalue weighted by molar-refractivity contribution is 0.0545. The van der Waals surface area contributed by atoms with Crippen molar-refractivity contribution in [3.8, 4) is 5.75 Å². The number of nitrogens with zero attached hydrogens (tertiary/aromatic N) is 2. The largest absolute Gasteiger partial charge is 0.497 e. The molecule has 0 spiro atoms. The molecule has 140 valence electrons. The van der Waals surface area contributed by atoms with Gasteiger partial charge in [0.2, 0.25) is 0 Å². The molecule has 0 unspecified atom stereocenters. The topological polar surface area (TPSA) is 54.0 Å². The second-order valence-corrected chi connectivity index (χ2v) is 6.35. The van der Waals surface area contributed by atoms with Gasteiger partial charge < -0.3 is 19.7 Å². The van der Waals surface area contributed by atoms with E-state index in [1.165, 1.54) is 0 Å². The highest BCUT2D eigenvalue weighted by atomic mass is 16.5. The highest BCUT2D eigenvalue weighted by molar-refractivity contribution is 5.90. The number of carbonyl (C=O) groups is 1. The van der Waals surface area contributed by atoms with Crippen LogP contribution in [0, 0.1) is 6.92 Å². The molecule has 1 fully saturated rings. The molecule has 0 radical (unpaired) electrons. The van der Waals surface area contributed by atoms with Crippen molar-refractivity contribution < 1.29 is 14.3 Å². The van der Waals surface area contributed by atoms with E-state index in [0.717, 1.165) is 62.8 Å². The summed E-state index contributed by atoms with van der Waals surface area (Å²) >= 11 is 0. The SMILES string of the molecule is CCOCCN1CCN(C(=O)Nc2ccc(OC)cc2C)C[C@@H]1CC. The second kappa shape index (κ2) is 9.63. The third-order valence-corrected chi connectivity index (χ3v) is 4.77. The molecule has 25 heavy (non-hydrogen) atoms. The van der Waals surface area contributed by atoms with Gasteiger partial charge >= 0.3 is 6.03 Å². The Labute approximate surface area is 151 Å². The van der Waals surface area contributed by atoms with Crippen molar-refractivity contribution in [1.29, 1.82) is 0 Å². The molecule has 1 aromatic rings. The van der Waals surface area contributed by atoms with Gasteiger partial charge in [0, 0.05) is 44.5 Å². The van der Waals surface area contributed by atoms with E-state index in [9.17, 15) is 4.79 Å². The summed E-state index contributed by atoms with van der Waals surface area (Å²) in [6, 6.07) is 6.04. The summed E-state index contributed by atoms with van der Waals surface area (Å²) in [7, 11) is 1.64. The highest BCUT2D eigenvalue weighted by Crippen LogP contribution is 2.22. The smallest absolute Gasteiger partial charge is 0.321 e. The number of rotatable bonds is 7. The molecule has 1 atom stereocenters. The number of urea groups is 1. The summed E-state index contributed by atoms with van der Waals surface area (Å²) in [4.78, 5) is 17.0. The summed E-state index contributed by atoms with van der Waals surface area (Å²) in [5.41, 5.74) is 1.83. The Morgan fingerprint density at radius 2 is 2.12 bits per heavy atom. The number of methoxy groups -OCH3 is 1. The molecule has 0 bridgehead atoms. The molecule has 0 aromatic heterocycles. The van der Waals surface area contributed by atoms with Gasteiger partial charge in [-0.2, -0.15) is 0 Å². The van der Waals surface area contributed by atoms with E-state index in [-0.39, 0.29) is 6.03 Å². The van der Waals surface area contributed by atoms with E-state index in [1.807, 2.05) is 36.9 Å². The summed E-state index contributed by atoms with van der Waals surface area (Å²) in [6.07, 6.45) is 1.03. The summed E-state index contributed by atoms with van der Waals surface area (Å²) in [5, 5.41) is 3.03. The minimum Gasteiger partial charge on any atom is -0.497 e. The third-order valence-electron chi connectivity index (χ3n) is 4.77. The van der Waals surface area contributed by atoms with Crippen molar-refractivity contribution in [2.24, 2.45) is 0 Å². The molecule has 6 nitrogen and oxygen atoms in total. The first-order chi connectivity index (χ1) is 12.1. The average Bonchev–Trinajstić information content (AvgIpc) is 2.63. The standard InChI is InChI=1S/C19H31N3O3/c1-5-16-14-22(10-9-21(16)11-12-25-6-2)19(23)20-18-8-7-17(24-4)13-15(18)3/h7-8,13,16H,5-6,9-12,14H2,1-4H3,(H,20,23)/t16-/m0/s1. The van der Waals surface area contributed by atoms with Crippen molar-refractivity contribution in [2.45, 2.75) is 33.2 Å². The summed E-state index contributed by atoms with van der Waals surface area (Å²) in [5.74, 6) is 0.796. The zero-order chi connectivity index (χ0) is 18.2. The molecule has 1 saturated heterocycles. The molecule has 1 N–H and O–H groups in total. The number of anilines is 1. The van der Waals surface area contributed by atoms with E-state index in [0.29, 0.717) is 6.04 Å². The van der Waals surface area contributed by atoms with Gasteiger partial charge in [0.25, 0.3) is 0 Å². The van der Waals surface area contributed by atoms with Crippen molar-refractivity contribution in [3.63, 3.8) is 0 Å². The first-order valence-electron chi connectivity index (χ1n) is 9.11. The van der Waals surface area contributed by atoms with Crippen LogP contribution in [0.5, 0.6) is 5.75 Å². The molecule has 0 saturated carbocycles. The third kappa shape index (κ3) is 5.34. The van der Waals surface area contributed by atoms with Crippen LogP contribution in [-0.2, 0) is 4.74 Å². The van der Waals surface area contributed by atoms with E-state index < -0.39 is 0 Å². The van der Waals surface area contributed by atoms with Crippen LogP contribution >= 0.6 is 0 Å². The predicted molar refractivity (Wildman–Crippen MR) is 100 cm³/mol.